The molecule has 0 aromatic heterocycles. The first kappa shape index (κ1) is 30.9. The van der Waals surface area contributed by atoms with Crippen LogP contribution in [-0.2, 0) is 30.8 Å². The molecule has 3 aromatic rings. The third kappa shape index (κ3) is 7.90. The lowest BCUT2D eigenvalue weighted by Crippen LogP contribution is -2.51. The van der Waals surface area contributed by atoms with Gasteiger partial charge in [-0.1, -0.05) is 66.7 Å². The van der Waals surface area contributed by atoms with Gasteiger partial charge in [-0.15, -0.1) is 0 Å². The number of carbonyl (C=O) groups excluding carboxylic acids is 2. The van der Waals surface area contributed by atoms with Crippen molar-refractivity contribution in [2.24, 2.45) is 5.92 Å². The largest absolute Gasteiger partial charge is 0.466 e. The summed E-state index contributed by atoms with van der Waals surface area (Å²) >= 11 is 0. The van der Waals surface area contributed by atoms with Gasteiger partial charge in [-0.25, -0.2) is 13.1 Å². The molecule has 43 heavy (non-hydrogen) atoms. The first-order chi connectivity index (χ1) is 20.8. The Labute approximate surface area is 254 Å². The highest BCUT2D eigenvalue weighted by molar-refractivity contribution is 7.89. The minimum absolute atomic E-state index is 0.0240. The lowest BCUT2D eigenvalue weighted by atomic mass is 9.85. The molecule has 1 saturated heterocycles. The zero-order valence-corrected chi connectivity index (χ0v) is 25.5. The number of benzene rings is 3. The van der Waals surface area contributed by atoms with E-state index in [1.165, 1.54) is 0 Å². The molecular formula is C34H41N3O5S. The molecular weight excluding hydrogens is 562 g/mol. The van der Waals surface area contributed by atoms with E-state index in [0.29, 0.717) is 51.7 Å². The van der Waals surface area contributed by atoms with Gasteiger partial charge in [0, 0.05) is 38.0 Å². The molecule has 2 N–H and O–H groups in total. The quantitative estimate of drug-likeness (QED) is 0.321. The zero-order chi connectivity index (χ0) is 30.2. The van der Waals surface area contributed by atoms with Gasteiger partial charge in [0.1, 0.15) is 0 Å². The minimum atomic E-state index is -3.69. The second-order valence-electron chi connectivity index (χ2n) is 11.4. The first-order valence-corrected chi connectivity index (χ1v) is 16.8. The van der Waals surface area contributed by atoms with Crippen LogP contribution in [0.25, 0.3) is 11.1 Å². The number of hydrogen-bond acceptors (Lipinski definition) is 6. The number of piperazine rings is 1. The highest BCUT2D eigenvalue weighted by atomic mass is 32.2. The van der Waals surface area contributed by atoms with Crippen LogP contribution in [0.1, 0.15) is 56.2 Å². The van der Waals surface area contributed by atoms with E-state index in [-0.39, 0.29) is 34.8 Å². The number of ether oxygens (including phenoxy) is 1. The summed E-state index contributed by atoms with van der Waals surface area (Å²) in [5.74, 6) is -0.106. The maximum absolute atomic E-state index is 13.5. The summed E-state index contributed by atoms with van der Waals surface area (Å²) in [5, 5.41) is 3.41. The lowest BCUT2D eigenvalue weighted by Gasteiger charge is -2.40. The first-order valence-electron chi connectivity index (χ1n) is 15.3. The molecule has 1 aliphatic heterocycles. The molecule has 2 fully saturated rings. The van der Waals surface area contributed by atoms with Crippen LogP contribution in [0.4, 0.5) is 0 Å². The standard InChI is InChI=1S/C34H41N3O5S/c1-2-42-33(38)21-10-25-8-11-26(12-9-25)27-15-19-31(20-16-27)43(40,41)36-30-17-13-29(14-18-30)34(39)37-23-22-35-24-32(37)28-6-4-3-5-7-28/h3-9,11-12,15-16,19-20,29-30,32,35-36H,2,10,13-14,17-18,21-24H2,1H3/t29-,30-,32-/m1/s1. The maximum Gasteiger partial charge on any atom is 0.306 e. The monoisotopic (exact) mass is 603 g/mol. The number of aryl methyl sites for hydroxylation is 1. The van der Waals surface area contributed by atoms with Crippen LogP contribution in [0.3, 0.4) is 0 Å². The third-order valence-corrected chi connectivity index (χ3v) is 10.0. The summed E-state index contributed by atoms with van der Waals surface area (Å²) < 4.78 is 34.3. The number of nitrogens with one attached hydrogen (secondary N) is 2. The number of rotatable bonds is 10. The molecule has 1 saturated carbocycles. The summed E-state index contributed by atoms with van der Waals surface area (Å²) in [6.45, 7) is 4.39. The average Bonchev–Trinajstić information content (AvgIpc) is 3.04. The van der Waals surface area contributed by atoms with Crippen LogP contribution in [0, 0.1) is 5.92 Å². The van der Waals surface area contributed by atoms with Crippen LogP contribution in [0.2, 0.25) is 0 Å². The molecule has 0 bridgehead atoms. The van der Waals surface area contributed by atoms with Gasteiger partial charge in [0.25, 0.3) is 0 Å². The summed E-state index contributed by atoms with van der Waals surface area (Å²) in [5.41, 5.74) is 4.06. The highest BCUT2D eigenvalue weighted by Crippen LogP contribution is 2.31. The van der Waals surface area contributed by atoms with Crippen molar-refractivity contribution in [2.45, 2.75) is 62.4 Å². The normalized spacial score (nSPS) is 20.9. The van der Waals surface area contributed by atoms with Gasteiger partial charge >= 0.3 is 5.97 Å². The van der Waals surface area contributed by atoms with E-state index in [0.717, 1.165) is 35.3 Å². The number of esters is 1. The predicted molar refractivity (Wildman–Crippen MR) is 167 cm³/mol. The van der Waals surface area contributed by atoms with Gasteiger partial charge in [0.2, 0.25) is 15.9 Å². The number of carbonyl (C=O) groups is 2. The molecule has 9 heteroatoms. The Morgan fingerprint density at radius 1 is 0.907 bits per heavy atom. The van der Waals surface area contributed by atoms with Gasteiger partial charge < -0.3 is 15.0 Å². The van der Waals surface area contributed by atoms with Crippen molar-refractivity contribution in [2.75, 3.05) is 26.2 Å². The van der Waals surface area contributed by atoms with Gasteiger partial charge in [-0.05, 0) is 73.4 Å². The summed E-state index contributed by atoms with van der Waals surface area (Å²) in [6.07, 6.45) is 3.58. The third-order valence-electron chi connectivity index (χ3n) is 8.48. The number of amides is 1. The van der Waals surface area contributed by atoms with E-state index >= 15 is 0 Å². The summed E-state index contributed by atoms with van der Waals surface area (Å²) in [6, 6.07) is 24.8. The Morgan fingerprint density at radius 3 is 2.21 bits per heavy atom. The zero-order valence-electron chi connectivity index (χ0n) is 24.7. The van der Waals surface area contributed by atoms with E-state index in [1.54, 1.807) is 19.1 Å². The Kier molecular flexibility index (Phi) is 10.3. The smallest absolute Gasteiger partial charge is 0.306 e. The molecule has 0 radical (unpaired) electrons. The fraction of sp³-hybridized carbons (Fsp3) is 0.412. The number of sulfonamides is 1. The summed E-state index contributed by atoms with van der Waals surface area (Å²) in [7, 11) is -3.69. The Hall–Kier alpha value is -3.53. The second kappa shape index (κ2) is 14.3. The van der Waals surface area contributed by atoms with Gasteiger partial charge in [0.05, 0.1) is 17.5 Å². The fourth-order valence-corrected chi connectivity index (χ4v) is 7.40. The van der Waals surface area contributed by atoms with E-state index in [1.807, 2.05) is 59.5 Å². The van der Waals surface area contributed by atoms with Crippen LogP contribution in [0.5, 0.6) is 0 Å². The Balaban J connectivity index is 1.14. The average molecular weight is 604 g/mol. The van der Waals surface area contributed by atoms with Crippen LogP contribution in [-0.4, -0.2) is 57.5 Å². The van der Waals surface area contributed by atoms with E-state index in [4.69, 9.17) is 4.74 Å². The van der Waals surface area contributed by atoms with E-state index < -0.39 is 10.0 Å². The molecule has 1 amide bonds. The number of hydrogen-bond donors (Lipinski definition) is 2. The van der Waals surface area contributed by atoms with Crippen molar-refractivity contribution in [3.05, 3.63) is 90.0 Å². The van der Waals surface area contributed by atoms with E-state index in [9.17, 15) is 18.0 Å². The van der Waals surface area contributed by atoms with Crippen molar-refractivity contribution < 1.29 is 22.7 Å². The van der Waals surface area contributed by atoms with Crippen LogP contribution < -0.4 is 10.0 Å². The molecule has 228 valence electrons. The maximum atomic E-state index is 13.5. The molecule has 0 unspecified atom stereocenters. The molecule has 3 aromatic carbocycles. The number of nitrogens with zero attached hydrogens (tertiary/aromatic N) is 1. The molecule has 1 aliphatic carbocycles. The molecule has 5 rings (SSSR count). The molecule has 8 nitrogen and oxygen atoms in total. The molecule has 1 heterocycles. The van der Waals surface area contributed by atoms with Crippen molar-refractivity contribution in [3.63, 3.8) is 0 Å². The van der Waals surface area contributed by atoms with Crippen LogP contribution >= 0.6 is 0 Å². The highest BCUT2D eigenvalue weighted by Gasteiger charge is 2.35. The van der Waals surface area contributed by atoms with Crippen LogP contribution in [0.15, 0.2) is 83.8 Å². The second-order valence-corrected chi connectivity index (χ2v) is 13.1. The van der Waals surface area contributed by atoms with Gasteiger partial charge in [-0.2, -0.15) is 0 Å². The topological polar surface area (TPSA) is 105 Å². The predicted octanol–water partition coefficient (Wildman–Crippen LogP) is 4.86. The van der Waals surface area contributed by atoms with Gasteiger partial charge in [0.15, 0.2) is 0 Å². The molecule has 1 atom stereocenters. The van der Waals surface area contributed by atoms with Crippen molar-refractivity contribution in [1.29, 1.82) is 0 Å². The van der Waals surface area contributed by atoms with Gasteiger partial charge in [-0.3, -0.25) is 9.59 Å². The van der Waals surface area contributed by atoms with Crippen molar-refractivity contribution >= 4 is 21.9 Å². The fourth-order valence-electron chi connectivity index (χ4n) is 6.09. The van der Waals surface area contributed by atoms with Crippen molar-refractivity contribution in [3.8, 4) is 11.1 Å². The van der Waals surface area contributed by atoms with Crippen molar-refractivity contribution in [1.82, 2.24) is 14.9 Å². The molecule has 2 aliphatic rings. The Morgan fingerprint density at radius 2 is 1.56 bits per heavy atom. The molecule has 0 spiro atoms. The summed E-state index contributed by atoms with van der Waals surface area (Å²) in [4.78, 5) is 27.4. The SMILES string of the molecule is CCOC(=O)CCc1ccc(-c2ccc(S(=O)(=O)N[C@H]3CC[C@H](C(=O)N4CCNC[C@@H]4c4ccccc4)CC3)cc2)cc1. The van der Waals surface area contributed by atoms with E-state index in [2.05, 4.69) is 22.2 Å². The Bertz CT molecular complexity index is 1470. The minimum Gasteiger partial charge on any atom is -0.466 e. The lowest BCUT2D eigenvalue weighted by molar-refractivity contribution is -0.143.